The number of ketones is 3. The Kier molecular flexibility index (Phi) is 9.11. The largest absolute Gasteiger partial charge is 0.298 e. The number of carbonyl (C=O) groups excluding carboxylic acids is 3. The maximum absolute atomic E-state index is 12.7. The second kappa shape index (κ2) is 10.9. The molecule has 0 bridgehead atoms. The van der Waals surface area contributed by atoms with Gasteiger partial charge in [-0.15, -0.1) is 0 Å². The highest BCUT2D eigenvalue weighted by Crippen LogP contribution is 2.18. The zero-order chi connectivity index (χ0) is 17.1. The van der Waals surface area contributed by atoms with E-state index < -0.39 is 5.92 Å². The molecular formula is C20H28O3. The second-order valence-electron chi connectivity index (χ2n) is 6.01. The van der Waals surface area contributed by atoms with E-state index in [0.29, 0.717) is 18.4 Å². The quantitative estimate of drug-likeness (QED) is 0.317. The molecule has 0 spiro atoms. The van der Waals surface area contributed by atoms with Crippen LogP contribution in [0.3, 0.4) is 0 Å². The molecule has 0 aliphatic heterocycles. The first-order valence-electron chi connectivity index (χ1n) is 8.76. The van der Waals surface area contributed by atoms with E-state index in [4.69, 9.17) is 0 Å². The molecule has 0 aromatic heterocycles. The molecule has 0 saturated carbocycles. The van der Waals surface area contributed by atoms with Gasteiger partial charge in [-0.2, -0.15) is 0 Å². The van der Waals surface area contributed by atoms with E-state index in [1.165, 1.54) is 0 Å². The summed E-state index contributed by atoms with van der Waals surface area (Å²) < 4.78 is 0. The summed E-state index contributed by atoms with van der Waals surface area (Å²) in [6.07, 6.45) is 6.04. The number of hydrogen-bond acceptors (Lipinski definition) is 3. The minimum atomic E-state index is -1.11. The van der Waals surface area contributed by atoms with Crippen molar-refractivity contribution in [2.75, 3.05) is 0 Å². The van der Waals surface area contributed by atoms with Crippen molar-refractivity contribution in [3.05, 3.63) is 35.9 Å². The molecule has 1 aromatic carbocycles. The molecule has 0 amide bonds. The van der Waals surface area contributed by atoms with E-state index >= 15 is 0 Å². The Hall–Kier alpha value is -1.77. The molecule has 0 aliphatic rings. The van der Waals surface area contributed by atoms with Crippen molar-refractivity contribution in [3.63, 3.8) is 0 Å². The summed E-state index contributed by atoms with van der Waals surface area (Å²) in [5, 5.41) is 0. The van der Waals surface area contributed by atoms with E-state index in [1.54, 1.807) is 24.3 Å². The summed E-state index contributed by atoms with van der Waals surface area (Å²) in [4.78, 5) is 37.6. The van der Waals surface area contributed by atoms with E-state index in [9.17, 15) is 14.4 Å². The van der Waals surface area contributed by atoms with Crippen LogP contribution in [-0.2, 0) is 9.59 Å². The van der Waals surface area contributed by atoms with Crippen molar-refractivity contribution in [2.45, 2.75) is 65.2 Å². The van der Waals surface area contributed by atoms with Gasteiger partial charge in [-0.1, -0.05) is 69.9 Å². The lowest BCUT2D eigenvalue weighted by Gasteiger charge is -2.14. The number of benzene rings is 1. The molecule has 3 heteroatoms. The van der Waals surface area contributed by atoms with Crippen molar-refractivity contribution in [1.82, 2.24) is 0 Å². The Morgan fingerprint density at radius 2 is 1.26 bits per heavy atom. The van der Waals surface area contributed by atoms with E-state index in [0.717, 1.165) is 38.5 Å². The van der Waals surface area contributed by atoms with Gasteiger partial charge in [-0.05, 0) is 12.8 Å². The summed E-state index contributed by atoms with van der Waals surface area (Å²) in [5.41, 5.74) is 0.449. The van der Waals surface area contributed by atoms with Gasteiger partial charge in [0.05, 0.1) is 0 Å². The average Bonchev–Trinajstić information content (AvgIpc) is 2.56. The Balaban J connectivity index is 2.84. The average molecular weight is 316 g/mol. The molecule has 3 nitrogen and oxygen atoms in total. The van der Waals surface area contributed by atoms with Crippen LogP contribution in [0, 0.1) is 5.92 Å². The highest BCUT2D eigenvalue weighted by molar-refractivity contribution is 6.24. The minimum absolute atomic E-state index is 0.214. The SMILES string of the molecule is CCCCCC(=O)C(C(=O)CCCCC)C(=O)c1ccccc1. The smallest absolute Gasteiger partial charge is 0.180 e. The fraction of sp³-hybridized carbons (Fsp3) is 0.550. The first-order valence-corrected chi connectivity index (χ1v) is 8.76. The second-order valence-corrected chi connectivity index (χ2v) is 6.01. The maximum atomic E-state index is 12.7. The van der Waals surface area contributed by atoms with Crippen LogP contribution in [0.1, 0.15) is 75.6 Å². The van der Waals surface area contributed by atoms with Gasteiger partial charge in [0, 0.05) is 18.4 Å². The van der Waals surface area contributed by atoms with E-state index in [1.807, 2.05) is 6.07 Å². The van der Waals surface area contributed by atoms with Gasteiger partial charge in [-0.25, -0.2) is 0 Å². The van der Waals surface area contributed by atoms with Crippen LogP contribution in [0.2, 0.25) is 0 Å². The zero-order valence-corrected chi connectivity index (χ0v) is 14.3. The van der Waals surface area contributed by atoms with Crippen molar-refractivity contribution in [1.29, 1.82) is 0 Å². The van der Waals surface area contributed by atoms with Crippen molar-refractivity contribution in [3.8, 4) is 0 Å². The Morgan fingerprint density at radius 1 is 0.783 bits per heavy atom. The molecule has 1 rings (SSSR count). The minimum Gasteiger partial charge on any atom is -0.298 e. The van der Waals surface area contributed by atoms with Crippen LogP contribution in [0.15, 0.2) is 30.3 Å². The highest BCUT2D eigenvalue weighted by Gasteiger charge is 2.32. The van der Waals surface area contributed by atoms with Crippen LogP contribution < -0.4 is 0 Å². The Bertz CT molecular complexity index is 483. The molecule has 126 valence electrons. The summed E-state index contributed by atoms with van der Waals surface area (Å²) in [5.74, 6) is -1.87. The molecule has 1 aromatic rings. The summed E-state index contributed by atoms with van der Waals surface area (Å²) >= 11 is 0. The number of unbranched alkanes of at least 4 members (excludes halogenated alkanes) is 4. The lowest BCUT2D eigenvalue weighted by atomic mass is 9.85. The van der Waals surface area contributed by atoms with Gasteiger partial charge in [0.1, 0.15) is 5.92 Å². The van der Waals surface area contributed by atoms with Crippen molar-refractivity contribution >= 4 is 17.3 Å². The summed E-state index contributed by atoms with van der Waals surface area (Å²) in [6.45, 7) is 4.12. The van der Waals surface area contributed by atoms with E-state index in [-0.39, 0.29) is 17.3 Å². The molecule has 0 unspecified atom stereocenters. The molecule has 0 atom stereocenters. The number of carbonyl (C=O) groups is 3. The van der Waals surface area contributed by atoms with Crippen molar-refractivity contribution < 1.29 is 14.4 Å². The third-order valence-electron chi connectivity index (χ3n) is 4.02. The molecule has 0 radical (unpaired) electrons. The lowest BCUT2D eigenvalue weighted by Crippen LogP contribution is -2.32. The van der Waals surface area contributed by atoms with Gasteiger partial charge in [0.25, 0.3) is 0 Å². The van der Waals surface area contributed by atoms with E-state index in [2.05, 4.69) is 13.8 Å². The third kappa shape index (κ3) is 6.47. The molecule has 0 saturated heterocycles. The normalized spacial score (nSPS) is 10.7. The molecule has 0 fully saturated rings. The molecular weight excluding hydrogens is 288 g/mol. The number of Topliss-reactive ketones (excluding diaryl/α,β-unsaturated/α-hetero) is 3. The van der Waals surface area contributed by atoms with Crippen LogP contribution >= 0.6 is 0 Å². The van der Waals surface area contributed by atoms with Gasteiger partial charge in [0.2, 0.25) is 0 Å². The van der Waals surface area contributed by atoms with Gasteiger partial charge < -0.3 is 0 Å². The first-order chi connectivity index (χ1) is 11.1. The Morgan fingerprint density at radius 3 is 1.70 bits per heavy atom. The fourth-order valence-electron chi connectivity index (χ4n) is 2.63. The van der Waals surface area contributed by atoms with Crippen LogP contribution in [0.5, 0.6) is 0 Å². The fourth-order valence-corrected chi connectivity index (χ4v) is 2.63. The zero-order valence-electron chi connectivity index (χ0n) is 14.3. The van der Waals surface area contributed by atoms with Crippen LogP contribution in [0.25, 0.3) is 0 Å². The van der Waals surface area contributed by atoms with Crippen molar-refractivity contribution in [2.24, 2.45) is 5.92 Å². The predicted molar refractivity (Wildman–Crippen MR) is 92.6 cm³/mol. The van der Waals surface area contributed by atoms with Crippen LogP contribution in [-0.4, -0.2) is 17.3 Å². The molecule has 0 N–H and O–H groups in total. The monoisotopic (exact) mass is 316 g/mol. The highest BCUT2D eigenvalue weighted by atomic mass is 16.2. The van der Waals surface area contributed by atoms with Crippen LogP contribution in [0.4, 0.5) is 0 Å². The number of hydrogen-bond donors (Lipinski definition) is 0. The third-order valence-corrected chi connectivity index (χ3v) is 4.02. The standard InChI is InChI=1S/C20H28O3/c1-3-5-8-14-17(21)19(18(22)15-9-6-4-2)20(23)16-12-10-7-11-13-16/h7,10-13,19H,3-6,8-9,14-15H2,1-2H3. The Labute approximate surface area is 139 Å². The number of rotatable bonds is 12. The lowest BCUT2D eigenvalue weighted by molar-refractivity contribution is -0.130. The van der Waals surface area contributed by atoms with Gasteiger partial charge in [-0.3, -0.25) is 14.4 Å². The first kappa shape index (κ1) is 19.3. The predicted octanol–water partition coefficient (Wildman–Crippen LogP) is 4.78. The maximum Gasteiger partial charge on any atom is 0.180 e. The molecule has 0 aliphatic carbocycles. The summed E-state index contributed by atoms with van der Waals surface area (Å²) in [6, 6.07) is 8.68. The van der Waals surface area contributed by atoms with Gasteiger partial charge >= 0.3 is 0 Å². The topological polar surface area (TPSA) is 51.2 Å². The van der Waals surface area contributed by atoms with Gasteiger partial charge in [0.15, 0.2) is 17.3 Å². The molecule has 0 heterocycles. The molecule has 23 heavy (non-hydrogen) atoms. The summed E-state index contributed by atoms with van der Waals surface area (Å²) in [7, 11) is 0.